The third kappa shape index (κ3) is 4.21. The normalized spacial score (nSPS) is 12.1. The van der Waals surface area contributed by atoms with Crippen LogP contribution < -0.4 is 4.90 Å². The monoisotopic (exact) mass is 680 g/mol. The topological polar surface area (TPSA) is 29.3 Å². The Balaban J connectivity index is 1.11. The van der Waals surface area contributed by atoms with E-state index in [1.165, 1.54) is 40.3 Å². The Kier molecular flexibility index (Phi) is 5.87. The number of rotatable bonds is 4. The number of aromatic nitrogens is 1. The van der Waals surface area contributed by atoms with Crippen LogP contribution in [-0.4, -0.2) is 4.98 Å². The van der Waals surface area contributed by atoms with Gasteiger partial charge in [0.05, 0.1) is 10.2 Å². The van der Waals surface area contributed by atoms with Gasteiger partial charge in [-0.25, -0.2) is 4.98 Å². The summed E-state index contributed by atoms with van der Waals surface area (Å²) in [6, 6.07) is 52.3. The highest BCUT2D eigenvalue weighted by molar-refractivity contribution is 7.26. The highest BCUT2D eigenvalue weighted by Crippen LogP contribution is 2.45. The number of furan rings is 1. The van der Waals surface area contributed by atoms with Crippen LogP contribution in [0.2, 0.25) is 0 Å². The number of benzene rings is 7. The molecule has 0 radical (unpaired) electrons. The van der Waals surface area contributed by atoms with Crippen molar-refractivity contribution in [3.05, 3.63) is 146 Å². The van der Waals surface area contributed by atoms with Crippen LogP contribution in [0.3, 0.4) is 0 Å². The molecule has 11 rings (SSSR count). The second-order valence-electron chi connectivity index (χ2n) is 12.3. The number of nitrogens with zero attached hydrogens (tertiary/aromatic N) is 2. The van der Waals surface area contributed by atoms with Crippen LogP contribution in [0.4, 0.5) is 17.1 Å². The molecule has 4 aromatic heterocycles. The number of hydrogen-bond acceptors (Lipinski definition) is 6. The fraction of sp³-hybridized carbons (Fsp3) is 0. The van der Waals surface area contributed by atoms with Gasteiger partial charge in [-0.2, -0.15) is 0 Å². The van der Waals surface area contributed by atoms with Gasteiger partial charge in [0, 0.05) is 79.8 Å². The Morgan fingerprint density at radius 2 is 1.02 bits per heavy atom. The SMILES string of the molecule is c1ccc(-c2nc3ccc4oc5cc(N(c6ccc7c(c6)sc6ccccc67)c6ccc7c(c6)sc6ccccc67)ccc5c4c3s2)cc1. The van der Waals surface area contributed by atoms with Gasteiger partial charge in [-0.3, -0.25) is 0 Å². The summed E-state index contributed by atoms with van der Waals surface area (Å²) >= 11 is 5.43. The minimum absolute atomic E-state index is 0.866. The van der Waals surface area contributed by atoms with Gasteiger partial charge in [-0.05, 0) is 60.7 Å². The molecule has 0 aliphatic rings. The van der Waals surface area contributed by atoms with E-state index in [2.05, 4.69) is 144 Å². The lowest BCUT2D eigenvalue weighted by Crippen LogP contribution is -2.09. The van der Waals surface area contributed by atoms with Gasteiger partial charge in [0.1, 0.15) is 16.2 Å². The van der Waals surface area contributed by atoms with E-state index in [0.717, 1.165) is 59.8 Å². The molecule has 0 atom stereocenters. The summed E-state index contributed by atoms with van der Waals surface area (Å²) in [6.45, 7) is 0. The van der Waals surface area contributed by atoms with Crippen LogP contribution in [0, 0.1) is 0 Å². The zero-order chi connectivity index (χ0) is 32.1. The highest BCUT2D eigenvalue weighted by atomic mass is 32.1. The van der Waals surface area contributed by atoms with E-state index in [0.29, 0.717) is 0 Å². The molecule has 49 heavy (non-hydrogen) atoms. The highest BCUT2D eigenvalue weighted by Gasteiger charge is 2.20. The van der Waals surface area contributed by atoms with E-state index in [1.54, 1.807) is 11.3 Å². The molecule has 0 amide bonds. The van der Waals surface area contributed by atoms with Gasteiger partial charge in [0.15, 0.2) is 0 Å². The predicted molar refractivity (Wildman–Crippen MR) is 213 cm³/mol. The van der Waals surface area contributed by atoms with Crippen molar-refractivity contribution in [2.75, 3.05) is 4.90 Å². The molecule has 0 bridgehead atoms. The molecule has 230 valence electrons. The zero-order valence-electron chi connectivity index (χ0n) is 25.9. The first-order valence-electron chi connectivity index (χ1n) is 16.2. The van der Waals surface area contributed by atoms with Crippen molar-refractivity contribution in [3.8, 4) is 10.6 Å². The second-order valence-corrected chi connectivity index (χ2v) is 15.5. The Morgan fingerprint density at radius 3 is 1.69 bits per heavy atom. The van der Waals surface area contributed by atoms with E-state index in [-0.39, 0.29) is 0 Å². The van der Waals surface area contributed by atoms with Crippen LogP contribution in [0.15, 0.2) is 150 Å². The summed E-state index contributed by atoms with van der Waals surface area (Å²) in [5.74, 6) is 0. The smallest absolute Gasteiger partial charge is 0.137 e. The van der Waals surface area contributed by atoms with E-state index < -0.39 is 0 Å². The summed E-state index contributed by atoms with van der Waals surface area (Å²) in [4.78, 5) is 7.37. The standard InChI is InChI=1S/C43H24N2OS3/c1-2-8-25(9-3-1)43-44-34-20-21-35-41(42(34)49-43)33-19-16-26(22-36(33)46-35)45(27-14-17-31-29-10-4-6-12-37(29)47-39(31)23-27)28-15-18-32-30-11-5-7-13-38(30)48-40(32)24-28/h1-24H. The summed E-state index contributed by atoms with van der Waals surface area (Å²) in [5.41, 5.74) is 7.17. The maximum Gasteiger partial charge on any atom is 0.137 e. The molecule has 0 spiro atoms. The molecule has 3 nitrogen and oxygen atoms in total. The van der Waals surface area contributed by atoms with Crippen LogP contribution >= 0.6 is 34.0 Å². The van der Waals surface area contributed by atoms with Crippen molar-refractivity contribution in [2.24, 2.45) is 0 Å². The lowest BCUT2D eigenvalue weighted by Gasteiger charge is -2.25. The fourth-order valence-electron chi connectivity index (χ4n) is 7.23. The zero-order valence-corrected chi connectivity index (χ0v) is 28.3. The molecule has 0 aliphatic heterocycles. The number of fused-ring (bicyclic) bond motifs is 11. The first kappa shape index (κ1) is 27.4. The molecule has 0 fully saturated rings. The number of thiazole rings is 1. The Bertz CT molecular complexity index is 2960. The van der Waals surface area contributed by atoms with Crippen LogP contribution in [0.1, 0.15) is 0 Å². The molecule has 0 N–H and O–H groups in total. The second kappa shape index (κ2) is 10.5. The van der Waals surface area contributed by atoms with Gasteiger partial charge >= 0.3 is 0 Å². The lowest BCUT2D eigenvalue weighted by molar-refractivity contribution is 0.669. The number of anilines is 3. The predicted octanol–water partition coefficient (Wildman–Crippen LogP) is 14.1. The molecular weight excluding hydrogens is 657 g/mol. The van der Waals surface area contributed by atoms with Gasteiger partial charge < -0.3 is 9.32 Å². The van der Waals surface area contributed by atoms with Crippen molar-refractivity contribution in [3.63, 3.8) is 0 Å². The average molecular weight is 681 g/mol. The largest absolute Gasteiger partial charge is 0.456 e. The Hall–Kier alpha value is -5.53. The molecule has 4 heterocycles. The third-order valence-electron chi connectivity index (χ3n) is 9.49. The molecular formula is C43H24N2OS3. The average Bonchev–Trinajstić information content (AvgIpc) is 3.92. The maximum atomic E-state index is 6.61. The van der Waals surface area contributed by atoms with Crippen molar-refractivity contribution in [1.29, 1.82) is 0 Å². The summed E-state index contributed by atoms with van der Waals surface area (Å²) in [6.07, 6.45) is 0. The van der Waals surface area contributed by atoms with Crippen molar-refractivity contribution < 1.29 is 4.42 Å². The molecule has 11 aromatic rings. The molecule has 0 saturated carbocycles. The van der Waals surface area contributed by atoms with E-state index in [9.17, 15) is 0 Å². The molecule has 0 aliphatic carbocycles. The van der Waals surface area contributed by atoms with Crippen LogP contribution in [0.25, 0.3) is 83.1 Å². The lowest BCUT2D eigenvalue weighted by atomic mass is 10.1. The summed E-state index contributed by atoms with van der Waals surface area (Å²) in [5, 5.41) is 8.45. The van der Waals surface area contributed by atoms with Gasteiger partial charge in [-0.15, -0.1) is 34.0 Å². The van der Waals surface area contributed by atoms with Gasteiger partial charge in [0.25, 0.3) is 0 Å². The van der Waals surface area contributed by atoms with E-state index >= 15 is 0 Å². The summed E-state index contributed by atoms with van der Waals surface area (Å²) < 4.78 is 12.9. The van der Waals surface area contributed by atoms with Crippen molar-refractivity contribution >= 4 is 124 Å². The Morgan fingerprint density at radius 1 is 0.449 bits per heavy atom. The van der Waals surface area contributed by atoms with E-state index in [1.807, 2.05) is 28.7 Å². The molecule has 6 heteroatoms. The summed E-state index contributed by atoms with van der Waals surface area (Å²) in [7, 11) is 0. The van der Waals surface area contributed by atoms with Gasteiger partial charge in [0.2, 0.25) is 0 Å². The minimum Gasteiger partial charge on any atom is -0.456 e. The molecule has 0 saturated heterocycles. The maximum absolute atomic E-state index is 6.61. The quantitative estimate of drug-likeness (QED) is 0.185. The van der Waals surface area contributed by atoms with Crippen molar-refractivity contribution in [1.82, 2.24) is 4.98 Å². The fourth-order valence-corrected chi connectivity index (χ4v) is 10.6. The van der Waals surface area contributed by atoms with E-state index in [4.69, 9.17) is 9.40 Å². The number of thiophene rings is 2. The van der Waals surface area contributed by atoms with Gasteiger partial charge in [-0.1, -0.05) is 78.9 Å². The van der Waals surface area contributed by atoms with Crippen LogP contribution in [0.5, 0.6) is 0 Å². The Labute approximate surface area is 292 Å². The molecule has 0 unspecified atom stereocenters. The first-order valence-corrected chi connectivity index (χ1v) is 18.6. The number of hydrogen-bond donors (Lipinski definition) is 0. The van der Waals surface area contributed by atoms with Crippen molar-refractivity contribution in [2.45, 2.75) is 0 Å². The first-order chi connectivity index (χ1) is 24.2. The molecule has 7 aromatic carbocycles. The minimum atomic E-state index is 0.866. The third-order valence-corrected chi connectivity index (χ3v) is 12.9. The van der Waals surface area contributed by atoms with Crippen LogP contribution in [-0.2, 0) is 0 Å².